The van der Waals surface area contributed by atoms with Crippen LogP contribution in [-0.4, -0.2) is 40.4 Å². The molecule has 3 heterocycles. The Labute approximate surface area is 204 Å². The largest absolute Gasteiger partial charge is 0.508 e. The molecule has 4 aromatic rings. The summed E-state index contributed by atoms with van der Waals surface area (Å²) in [4.78, 5) is 13.2. The van der Waals surface area contributed by atoms with Gasteiger partial charge in [-0.05, 0) is 78.9 Å². The number of aromatic amines is 1. The first-order valence-electron chi connectivity index (χ1n) is 12.1. The number of aromatic hydroxyl groups is 1. The van der Waals surface area contributed by atoms with Crippen molar-refractivity contribution in [3.05, 3.63) is 89.1 Å². The molecule has 5 nitrogen and oxygen atoms in total. The van der Waals surface area contributed by atoms with Gasteiger partial charge in [-0.15, -0.1) is 0 Å². The molecule has 5 rings (SSSR count). The Balaban J connectivity index is 1.64. The maximum Gasteiger partial charge on any atom is 0.127 e. The average molecular weight is 469 g/mol. The van der Waals surface area contributed by atoms with E-state index in [4.69, 9.17) is 9.98 Å². The van der Waals surface area contributed by atoms with Gasteiger partial charge in [0.05, 0.1) is 11.4 Å². The number of phenols is 1. The van der Waals surface area contributed by atoms with Crippen LogP contribution < -0.4 is 5.32 Å². The summed E-state index contributed by atoms with van der Waals surface area (Å²) in [5, 5.41) is 14.3. The number of benzene rings is 2. The van der Waals surface area contributed by atoms with Crippen LogP contribution in [0.3, 0.4) is 0 Å². The summed E-state index contributed by atoms with van der Waals surface area (Å²) in [7, 11) is 0. The minimum Gasteiger partial charge on any atom is -0.508 e. The van der Waals surface area contributed by atoms with Crippen molar-refractivity contribution >= 4 is 22.2 Å². The molecule has 35 heavy (non-hydrogen) atoms. The predicted molar refractivity (Wildman–Crippen MR) is 141 cm³/mol. The third-order valence-electron chi connectivity index (χ3n) is 6.38. The lowest BCUT2D eigenvalue weighted by Gasteiger charge is -2.16. The molecule has 0 atom stereocenters. The summed E-state index contributed by atoms with van der Waals surface area (Å²) < 4.78 is 14.0. The first-order chi connectivity index (χ1) is 17.0. The first-order valence-corrected chi connectivity index (χ1v) is 12.1. The second kappa shape index (κ2) is 9.84. The number of hydrogen-bond acceptors (Lipinski definition) is 4. The summed E-state index contributed by atoms with van der Waals surface area (Å²) in [6.07, 6.45) is 6.08. The van der Waals surface area contributed by atoms with Gasteiger partial charge in [0.1, 0.15) is 11.6 Å². The van der Waals surface area contributed by atoms with E-state index in [0.29, 0.717) is 12.1 Å². The maximum absolute atomic E-state index is 14.0. The van der Waals surface area contributed by atoms with E-state index in [1.807, 2.05) is 31.3 Å². The quantitative estimate of drug-likeness (QED) is 0.304. The van der Waals surface area contributed by atoms with E-state index in [-0.39, 0.29) is 5.75 Å². The lowest BCUT2D eigenvalue weighted by molar-refractivity contribution is 0.469. The Kier molecular flexibility index (Phi) is 6.47. The van der Waals surface area contributed by atoms with Gasteiger partial charge in [0.2, 0.25) is 0 Å². The highest BCUT2D eigenvalue weighted by Crippen LogP contribution is 2.33. The van der Waals surface area contributed by atoms with Gasteiger partial charge in [-0.25, -0.2) is 4.39 Å². The molecular formula is C29H29FN4O. The second-order valence-corrected chi connectivity index (χ2v) is 8.92. The number of halogens is 1. The second-order valence-electron chi connectivity index (χ2n) is 8.92. The number of rotatable bonds is 6. The zero-order chi connectivity index (χ0) is 24.4. The van der Waals surface area contributed by atoms with E-state index in [9.17, 15) is 9.50 Å². The molecule has 1 aliphatic rings. The number of nitrogens with zero attached hydrogens (tertiary/aromatic N) is 2. The zero-order valence-corrected chi connectivity index (χ0v) is 20.0. The minimum atomic E-state index is -0.469. The van der Waals surface area contributed by atoms with Crippen LogP contribution >= 0.6 is 0 Å². The number of aromatic nitrogens is 2. The highest BCUT2D eigenvalue weighted by Gasteiger charge is 2.17. The summed E-state index contributed by atoms with van der Waals surface area (Å²) in [6, 6.07) is 14.3. The summed E-state index contributed by atoms with van der Waals surface area (Å²) >= 11 is 0. The van der Waals surface area contributed by atoms with Crippen molar-refractivity contribution in [3.8, 4) is 16.9 Å². The lowest BCUT2D eigenvalue weighted by atomic mass is 9.96. The third-order valence-corrected chi connectivity index (χ3v) is 6.38. The van der Waals surface area contributed by atoms with Crippen LogP contribution in [0.25, 0.3) is 27.6 Å². The molecule has 178 valence electrons. The van der Waals surface area contributed by atoms with E-state index in [1.165, 1.54) is 11.6 Å². The Morgan fingerprint density at radius 3 is 2.80 bits per heavy atom. The molecule has 3 N–H and O–H groups in total. The van der Waals surface area contributed by atoms with Crippen LogP contribution in [-0.2, 0) is 0 Å². The van der Waals surface area contributed by atoms with Crippen molar-refractivity contribution in [2.45, 2.75) is 26.7 Å². The van der Waals surface area contributed by atoms with Gasteiger partial charge >= 0.3 is 0 Å². The molecule has 2 aromatic carbocycles. The number of H-pyrrole nitrogens is 1. The number of phenolic OH excluding ortho intramolecular Hbond substituents is 1. The van der Waals surface area contributed by atoms with Crippen LogP contribution in [0.1, 0.15) is 42.3 Å². The number of nitrogens with one attached hydrogen (secondary N) is 2. The van der Waals surface area contributed by atoms with E-state index in [1.54, 1.807) is 6.07 Å². The van der Waals surface area contributed by atoms with Gasteiger partial charge < -0.3 is 15.4 Å². The molecule has 0 bridgehead atoms. The number of fused-ring (bicyclic) bond motifs is 1. The molecule has 0 unspecified atom stereocenters. The van der Waals surface area contributed by atoms with E-state index in [0.717, 1.165) is 76.7 Å². The highest BCUT2D eigenvalue weighted by atomic mass is 19.1. The first kappa shape index (κ1) is 23.0. The maximum atomic E-state index is 14.0. The highest BCUT2D eigenvalue weighted by molar-refractivity contribution is 6.15. The molecule has 0 radical (unpaired) electrons. The average Bonchev–Trinajstić information content (AvgIpc) is 3.29. The molecule has 0 saturated carbocycles. The number of hydrogen-bond donors (Lipinski definition) is 3. The zero-order valence-electron chi connectivity index (χ0n) is 20.0. The van der Waals surface area contributed by atoms with Crippen LogP contribution in [0.2, 0.25) is 0 Å². The monoisotopic (exact) mass is 468 g/mol. The third kappa shape index (κ3) is 4.75. The van der Waals surface area contributed by atoms with Crippen LogP contribution in [0.15, 0.2) is 65.8 Å². The molecule has 0 amide bonds. The Morgan fingerprint density at radius 1 is 1.14 bits per heavy atom. The minimum absolute atomic E-state index is 0.0938. The normalized spacial score (nSPS) is 14.4. The fraction of sp³-hybridized carbons (Fsp3) is 0.241. The topological polar surface area (TPSA) is 73.3 Å². The smallest absolute Gasteiger partial charge is 0.127 e. The lowest BCUT2D eigenvalue weighted by Crippen LogP contribution is -2.20. The van der Waals surface area contributed by atoms with Crippen molar-refractivity contribution in [1.29, 1.82) is 0 Å². The van der Waals surface area contributed by atoms with E-state index in [2.05, 4.69) is 35.4 Å². The Morgan fingerprint density at radius 2 is 2.03 bits per heavy atom. The van der Waals surface area contributed by atoms with Crippen LogP contribution in [0.5, 0.6) is 5.75 Å². The summed E-state index contributed by atoms with van der Waals surface area (Å²) in [5.74, 6) is -0.563. The van der Waals surface area contributed by atoms with Crippen molar-refractivity contribution in [3.63, 3.8) is 0 Å². The Bertz CT molecular complexity index is 1430. The number of aliphatic imine (C=N–C) groups is 1. The molecule has 0 aliphatic carbocycles. The van der Waals surface area contributed by atoms with Gasteiger partial charge in [-0.3, -0.25) is 9.98 Å². The Hall–Kier alpha value is -3.77. The molecule has 6 heteroatoms. The fourth-order valence-corrected chi connectivity index (χ4v) is 4.64. The van der Waals surface area contributed by atoms with Crippen molar-refractivity contribution in [2.24, 2.45) is 4.99 Å². The molecule has 1 aliphatic heterocycles. The van der Waals surface area contributed by atoms with Gasteiger partial charge in [0, 0.05) is 47.5 Å². The van der Waals surface area contributed by atoms with E-state index < -0.39 is 5.82 Å². The van der Waals surface area contributed by atoms with Gasteiger partial charge in [-0.1, -0.05) is 25.1 Å². The molecule has 0 spiro atoms. The van der Waals surface area contributed by atoms with E-state index >= 15 is 0 Å². The summed E-state index contributed by atoms with van der Waals surface area (Å²) in [6.45, 7) is 6.66. The number of pyridine rings is 1. The number of aryl methyl sites for hydroxylation is 1. The van der Waals surface area contributed by atoms with Gasteiger partial charge in [0.25, 0.3) is 0 Å². The molecule has 2 aromatic heterocycles. The SMILES string of the molecule is CCCN=C(c1cc2c(-c3cc(O)cc(F)c3)cccc2[nH]1)c1cc(C2=CCNCC2)cnc1C. The van der Waals surface area contributed by atoms with Crippen LogP contribution in [0, 0.1) is 12.7 Å². The van der Waals surface area contributed by atoms with Crippen molar-refractivity contribution < 1.29 is 9.50 Å². The molecular weight excluding hydrogens is 439 g/mol. The van der Waals surface area contributed by atoms with Gasteiger partial charge in [-0.2, -0.15) is 0 Å². The standard InChI is InChI=1S/C29H29FN4O/c1-3-9-32-29(25-14-21(17-33-18(25)2)19-7-10-31-11-8-19)28-16-26-24(5-4-6-27(26)34-28)20-12-22(30)15-23(35)13-20/h4-7,12-17,31,34-35H,3,8-11H2,1-2H3. The van der Waals surface area contributed by atoms with Crippen molar-refractivity contribution in [2.75, 3.05) is 19.6 Å². The van der Waals surface area contributed by atoms with Gasteiger partial charge in [0.15, 0.2) is 0 Å². The van der Waals surface area contributed by atoms with Crippen molar-refractivity contribution in [1.82, 2.24) is 15.3 Å². The molecule has 0 fully saturated rings. The summed E-state index contributed by atoms with van der Waals surface area (Å²) in [5.41, 5.74) is 8.52. The fourth-order valence-electron chi connectivity index (χ4n) is 4.64. The molecule has 0 saturated heterocycles. The van der Waals surface area contributed by atoms with Crippen LogP contribution in [0.4, 0.5) is 4.39 Å². The predicted octanol–water partition coefficient (Wildman–Crippen LogP) is 6.01.